The first kappa shape index (κ1) is 33.5. The van der Waals surface area contributed by atoms with Crippen LogP contribution in [0.1, 0.15) is 61.2 Å². The first-order valence-electron chi connectivity index (χ1n) is 20.0. The second-order valence-corrected chi connectivity index (χ2v) is 16.9. The van der Waals surface area contributed by atoms with E-state index in [1.165, 1.54) is 77.6 Å². The molecule has 0 spiro atoms. The molecule has 2 heterocycles. The molecule has 7 aromatic carbocycles. The standard InChI is InChI=1S/C55H42N2/c1-6-41-46-33-44-42-19-11-14-22-48(42)55(4,5)49(44)34-53(46)57(52(41)32-38-30-37-16-10-13-21-47(37)54(38,2)3)40-27-24-35(25-28-40)36-26-29-51-45(31-36)43-20-12-15-23-50(43)56(51)39-17-8-7-9-18-39/h1,7-29,31-34H,30H2,2-5H3/b38-32+. The maximum Gasteiger partial charge on any atom is 0.0625 e. The number of allylic oxidation sites excluding steroid dienone is 1. The van der Waals surface area contributed by atoms with Crippen LogP contribution in [0.3, 0.4) is 0 Å². The molecule has 0 aliphatic heterocycles. The molecule has 2 heteroatoms. The zero-order chi connectivity index (χ0) is 38.6. The van der Waals surface area contributed by atoms with Crippen molar-refractivity contribution >= 4 is 38.8 Å². The lowest BCUT2D eigenvalue weighted by Gasteiger charge is -2.23. The van der Waals surface area contributed by atoms with Crippen LogP contribution >= 0.6 is 0 Å². The minimum Gasteiger partial charge on any atom is -0.309 e. The van der Waals surface area contributed by atoms with E-state index in [2.05, 4.69) is 207 Å². The summed E-state index contributed by atoms with van der Waals surface area (Å²) in [6.07, 6.45) is 9.87. The Morgan fingerprint density at radius 1 is 0.509 bits per heavy atom. The van der Waals surface area contributed by atoms with Gasteiger partial charge >= 0.3 is 0 Å². The molecule has 2 nitrogen and oxygen atoms in total. The van der Waals surface area contributed by atoms with Crippen molar-refractivity contribution < 1.29 is 0 Å². The van der Waals surface area contributed by atoms with E-state index in [0.29, 0.717) is 0 Å². The Hall–Kier alpha value is -6.82. The first-order chi connectivity index (χ1) is 27.7. The molecule has 0 unspecified atom stereocenters. The topological polar surface area (TPSA) is 9.86 Å². The lowest BCUT2D eigenvalue weighted by atomic mass is 9.82. The molecule has 57 heavy (non-hydrogen) atoms. The second kappa shape index (κ2) is 12.1. The van der Waals surface area contributed by atoms with Gasteiger partial charge in [0.25, 0.3) is 0 Å². The van der Waals surface area contributed by atoms with Gasteiger partial charge in [0.1, 0.15) is 0 Å². The van der Waals surface area contributed by atoms with Gasteiger partial charge in [0.05, 0.1) is 27.8 Å². The lowest BCUT2D eigenvalue weighted by molar-refractivity contribution is 0.648. The summed E-state index contributed by atoms with van der Waals surface area (Å²) in [7, 11) is 0. The van der Waals surface area contributed by atoms with Gasteiger partial charge in [-0.05, 0) is 112 Å². The summed E-state index contributed by atoms with van der Waals surface area (Å²) in [5, 5.41) is 3.62. The molecule has 0 fully saturated rings. The van der Waals surface area contributed by atoms with Gasteiger partial charge in [0.15, 0.2) is 0 Å². The summed E-state index contributed by atoms with van der Waals surface area (Å²) >= 11 is 0. The fourth-order valence-electron chi connectivity index (χ4n) is 10.2. The molecule has 0 N–H and O–H groups in total. The smallest absolute Gasteiger partial charge is 0.0625 e. The summed E-state index contributed by atoms with van der Waals surface area (Å²) in [6, 6.07) is 57.9. The van der Waals surface area contributed by atoms with E-state index in [0.717, 1.165) is 34.3 Å². The van der Waals surface area contributed by atoms with Crippen molar-refractivity contribution in [1.29, 1.82) is 0 Å². The predicted molar refractivity (Wildman–Crippen MR) is 240 cm³/mol. The highest BCUT2D eigenvalue weighted by Crippen LogP contribution is 2.51. The van der Waals surface area contributed by atoms with E-state index >= 15 is 0 Å². The summed E-state index contributed by atoms with van der Waals surface area (Å²) in [6.45, 7) is 9.40. The number of hydrogen-bond donors (Lipinski definition) is 0. The van der Waals surface area contributed by atoms with Gasteiger partial charge in [-0.2, -0.15) is 0 Å². The van der Waals surface area contributed by atoms with E-state index < -0.39 is 0 Å². The van der Waals surface area contributed by atoms with Gasteiger partial charge in [-0.3, -0.25) is 0 Å². The Kier molecular flexibility index (Phi) is 7.11. The van der Waals surface area contributed by atoms with Gasteiger partial charge < -0.3 is 9.13 Å². The first-order valence-corrected chi connectivity index (χ1v) is 20.0. The van der Waals surface area contributed by atoms with Gasteiger partial charge in [0, 0.05) is 38.4 Å². The quantitative estimate of drug-likeness (QED) is 0.160. The van der Waals surface area contributed by atoms with E-state index in [1.54, 1.807) is 0 Å². The zero-order valence-electron chi connectivity index (χ0n) is 32.8. The number of rotatable bonds is 4. The molecule has 0 amide bonds. The van der Waals surface area contributed by atoms with Gasteiger partial charge in [-0.25, -0.2) is 0 Å². The summed E-state index contributed by atoms with van der Waals surface area (Å²) in [4.78, 5) is 0. The monoisotopic (exact) mass is 730 g/mol. The molecule has 0 bridgehead atoms. The Balaban J connectivity index is 1.10. The predicted octanol–water partition coefficient (Wildman–Crippen LogP) is 13.6. The normalized spacial score (nSPS) is 15.6. The van der Waals surface area contributed by atoms with Gasteiger partial charge in [-0.1, -0.05) is 142 Å². The highest BCUT2D eigenvalue weighted by molar-refractivity contribution is 6.10. The number of terminal acetylenes is 1. The molecular formula is C55H42N2. The van der Waals surface area contributed by atoms with Crippen molar-refractivity contribution in [3.8, 4) is 46.0 Å². The summed E-state index contributed by atoms with van der Waals surface area (Å²) in [5.41, 5.74) is 19.4. The largest absolute Gasteiger partial charge is 0.309 e. The fraction of sp³-hybridized carbons (Fsp3) is 0.127. The number of nitrogens with zero attached hydrogens (tertiary/aromatic N) is 2. The summed E-state index contributed by atoms with van der Waals surface area (Å²) in [5.74, 6) is 3.20. The average Bonchev–Trinajstić information content (AvgIpc) is 3.89. The van der Waals surface area contributed by atoms with Crippen molar-refractivity contribution in [3.63, 3.8) is 0 Å². The van der Waals surface area contributed by atoms with E-state index in [9.17, 15) is 0 Å². The number of para-hydroxylation sites is 2. The molecule has 0 saturated carbocycles. The van der Waals surface area contributed by atoms with E-state index in [1.807, 2.05) is 0 Å². The van der Waals surface area contributed by atoms with Crippen molar-refractivity contribution in [1.82, 2.24) is 9.13 Å². The van der Waals surface area contributed by atoms with Crippen molar-refractivity contribution in [2.75, 3.05) is 0 Å². The average molecular weight is 731 g/mol. The SMILES string of the molecule is C#Cc1c(/C=C2\Cc3ccccc3C2(C)C)n(-c2ccc(-c3ccc4c(c3)c3ccccc3n4-c3ccccc3)cc2)c2cc3c(cc12)-c1ccccc1C3(C)C. The Morgan fingerprint density at radius 2 is 1.18 bits per heavy atom. The molecule has 2 aromatic heterocycles. The molecule has 0 radical (unpaired) electrons. The second-order valence-electron chi connectivity index (χ2n) is 16.9. The lowest BCUT2D eigenvalue weighted by Crippen LogP contribution is -2.15. The Bertz CT molecular complexity index is 3190. The number of benzene rings is 7. The Morgan fingerprint density at radius 3 is 1.96 bits per heavy atom. The number of fused-ring (bicyclic) bond motifs is 8. The molecule has 2 aliphatic carbocycles. The fourth-order valence-corrected chi connectivity index (χ4v) is 10.2. The van der Waals surface area contributed by atoms with Crippen LogP contribution in [0.4, 0.5) is 0 Å². The van der Waals surface area contributed by atoms with Gasteiger partial charge in [0.2, 0.25) is 0 Å². The summed E-state index contributed by atoms with van der Waals surface area (Å²) < 4.78 is 4.80. The molecule has 2 aliphatic rings. The third-order valence-corrected chi connectivity index (χ3v) is 13.2. The minimum atomic E-state index is -0.134. The van der Waals surface area contributed by atoms with Gasteiger partial charge in [-0.15, -0.1) is 6.42 Å². The van der Waals surface area contributed by atoms with Crippen LogP contribution in [0.25, 0.3) is 72.4 Å². The molecule has 11 rings (SSSR count). The van der Waals surface area contributed by atoms with Crippen molar-refractivity contribution in [2.24, 2.45) is 0 Å². The van der Waals surface area contributed by atoms with Crippen LogP contribution in [0.2, 0.25) is 0 Å². The maximum atomic E-state index is 6.56. The van der Waals surface area contributed by atoms with Crippen LogP contribution < -0.4 is 0 Å². The number of aromatic nitrogens is 2. The van der Waals surface area contributed by atoms with Crippen LogP contribution in [0, 0.1) is 12.3 Å². The minimum absolute atomic E-state index is 0.113. The molecule has 272 valence electrons. The van der Waals surface area contributed by atoms with Crippen LogP contribution in [-0.2, 0) is 17.3 Å². The van der Waals surface area contributed by atoms with Crippen molar-refractivity contribution in [3.05, 3.63) is 197 Å². The van der Waals surface area contributed by atoms with Crippen LogP contribution in [0.5, 0.6) is 0 Å². The van der Waals surface area contributed by atoms with Crippen molar-refractivity contribution in [2.45, 2.75) is 44.9 Å². The zero-order valence-corrected chi connectivity index (χ0v) is 32.8. The Labute approximate surface area is 334 Å². The third-order valence-electron chi connectivity index (χ3n) is 13.2. The highest BCUT2D eigenvalue weighted by atomic mass is 15.0. The maximum absolute atomic E-state index is 6.56. The van der Waals surface area contributed by atoms with E-state index in [-0.39, 0.29) is 10.8 Å². The van der Waals surface area contributed by atoms with Crippen LogP contribution in [0.15, 0.2) is 163 Å². The van der Waals surface area contributed by atoms with E-state index in [4.69, 9.17) is 6.42 Å². The number of hydrogen-bond acceptors (Lipinski definition) is 0. The highest BCUT2D eigenvalue weighted by Gasteiger charge is 2.38. The van der Waals surface area contributed by atoms with Crippen LogP contribution in [-0.4, -0.2) is 9.13 Å². The molecule has 0 atom stereocenters. The molecule has 0 saturated heterocycles. The molecule has 9 aromatic rings. The third kappa shape index (κ3) is 4.79. The molecular weight excluding hydrogens is 689 g/mol.